The van der Waals surface area contributed by atoms with Crippen LogP contribution in [0.4, 0.5) is 5.69 Å². The number of hydrogen-bond donors (Lipinski definition) is 3. The van der Waals surface area contributed by atoms with Crippen molar-refractivity contribution in [2.24, 2.45) is 0 Å². The molecule has 0 aliphatic heterocycles. The van der Waals surface area contributed by atoms with Crippen molar-refractivity contribution in [2.45, 2.75) is 33.8 Å². The van der Waals surface area contributed by atoms with E-state index >= 15 is 0 Å². The molecular formula is C25H25NO5. The number of benzene rings is 3. The van der Waals surface area contributed by atoms with E-state index in [0.29, 0.717) is 28.1 Å². The molecule has 31 heavy (non-hydrogen) atoms. The summed E-state index contributed by atoms with van der Waals surface area (Å²) in [4.78, 5) is 23.0. The first-order chi connectivity index (χ1) is 14.7. The molecule has 0 aliphatic rings. The van der Waals surface area contributed by atoms with Gasteiger partial charge in [0.25, 0.3) is 0 Å². The van der Waals surface area contributed by atoms with Crippen molar-refractivity contribution in [3.63, 3.8) is 0 Å². The number of aryl methyl sites for hydroxylation is 1. The van der Waals surface area contributed by atoms with Gasteiger partial charge in [-0.2, -0.15) is 0 Å². The third-order valence-corrected chi connectivity index (χ3v) is 5.41. The lowest BCUT2D eigenvalue weighted by atomic mass is 9.88. The number of aliphatic carboxylic acids is 1. The lowest BCUT2D eigenvalue weighted by Crippen LogP contribution is -2.11. The van der Waals surface area contributed by atoms with E-state index in [9.17, 15) is 19.8 Å². The Kier molecular flexibility index (Phi) is 6.30. The van der Waals surface area contributed by atoms with Crippen LogP contribution in [0, 0.1) is 20.8 Å². The molecular weight excluding hydrogens is 394 g/mol. The molecule has 0 saturated carbocycles. The number of nitrogens with two attached hydrogens (primary N) is 1. The molecule has 0 fully saturated rings. The van der Waals surface area contributed by atoms with Gasteiger partial charge in [-0.1, -0.05) is 48.0 Å². The van der Waals surface area contributed by atoms with Crippen molar-refractivity contribution in [3.8, 4) is 16.9 Å². The lowest BCUT2D eigenvalue weighted by molar-refractivity contribution is -0.136. The molecule has 4 N–H and O–H groups in total. The molecule has 0 radical (unpaired) electrons. The van der Waals surface area contributed by atoms with Gasteiger partial charge in [0.15, 0.2) is 0 Å². The van der Waals surface area contributed by atoms with Crippen molar-refractivity contribution < 1.29 is 24.5 Å². The molecule has 0 aromatic heterocycles. The number of carbonyl (C=O) groups is 2. The molecule has 160 valence electrons. The van der Waals surface area contributed by atoms with Crippen molar-refractivity contribution in [1.29, 1.82) is 0 Å². The van der Waals surface area contributed by atoms with Crippen LogP contribution in [0.1, 0.15) is 38.2 Å². The lowest BCUT2D eigenvalue weighted by Gasteiger charge is -2.22. The molecule has 0 aliphatic carbocycles. The van der Waals surface area contributed by atoms with E-state index in [-0.39, 0.29) is 18.6 Å². The quantitative estimate of drug-likeness (QED) is 0.476. The Morgan fingerprint density at radius 1 is 0.935 bits per heavy atom. The zero-order valence-corrected chi connectivity index (χ0v) is 17.7. The maximum absolute atomic E-state index is 11.6. The van der Waals surface area contributed by atoms with Gasteiger partial charge in [-0.15, -0.1) is 0 Å². The van der Waals surface area contributed by atoms with Crippen LogP contribution in [-0.4, -0.2) is 22.2 Å². The molecule has 6 heteroatoms. The highest BCUT2D eigenvalue weighted by atomic mass is 16.5. The van der Waals surface area contributed by atoms with Gasteiger partial charge in [0, 0.05) is 11.1 Å². The second-order valence-corrected chi connectivity index (χ2v) is 7.53. The molecule has 0 heterocycles. The minimum Gasteiger partial charge on any atom is -0.486 e. The summed E-state index contributed by atoms with van der Waals surface area (Å²) in [6.07, 6.45) is -0.164. The van der Waals surface area contributed by atoms with Crippen molar-refractivity contribution >= 4 is 17.6 Å². The van der Waals surface area contributed by atoms with E-state index in [1.54, 1.807) is 25.1 Å². The Balaban J connectivity index is 2.12. The van der Waals surface area contributed by atoms with Crippen LogP contribution in [0.25, 0.3) is 11.1 Å². The zero-order chi connectivity index (χ0) is 22.7. The Morgan fingerprint density at radius 3 is 2.19 bits per heavy atom. The van der Waals surface area contributed by atoms with Gasteiger partial charge in [-0.3, -0.25) is 4.79 Å². The van der Waals surface area contributed by atoms with Gasteiger partial charge < -0.3 is 20.7 Å². The van der Waals surface area contributed by atoms with Crippen LogP contribution >= 0.6 is 0 Å². The van der Waals surface area contributed by atoms with Gasteiger partial charge in [0.05, 0.1) is 17.7 Å². The molecule has 0 amide bonds. The number of carboxylic acids is 2. The summed E-state index contributed by atoms with van der Waals surface area (Å²) in [6, 6.07) is 14.5. The summed E-state index contributed by atoms with van der Waals surface area (Å²) >= 11 is 0. The summed E-state index contributed by atoms with van der Waals surface area (Å²) < 4.78 is 6.04. The fraction of sp³-hybridized carbons (Fsp3) is 0.200. The average Bonchev–Trinajstić information content (AvgIpc) is 2.73. The Morgan fingerprint density at radius 2 is 1.58 bits per heavy atom. The summed E-state index contributed by atoms with van der Waals surface area (Å²) in [7, 11) is 0. The van der Waals surface area contributed by atoms with E-state index in [0.717, 1.165) is 22.3 Å². The summed E-state index contributed by atoms with van der Waals surface area (Å²) in [6.45, 7) is 5.63. The smallest absolute Gasteiger partial charge is 0.336 e. The largest absolute Gasteiger partial charge is 0.486 e. The highest BCUT2D eigenvalue weighted by molar-refractivity contribution is 5.89. The van der Waals surface area contributed by atoms with E-state index in [2.05, 4.69) is 0 Å². The first-order valence-corrected chi connectivity index (χ1v) is 9.85. The molecule has 3 aromatic carbocycles. The highest BCUT2D eigenvalue weighted by Gasteiger charge is 2.22. The van der Waals surface area contributed by atoms with Crippen molar-refractivity contribution in [3.05, 3.63) is 81.9 Å². The minimum atomic E-state index is -1.03. The fourth-order valence-corrected chi connectivity index (χ4v) is 3.74. The van der Waals surface area contributed by atoms with Crippen LogP contribution in [-0.2, 0) is 17.8 Å². The standard InChI is InChI=1S/C25H25NO5/c1-14-8-10-17(11-9-14)22-16(3)24(23(26)15(2)20(22)12-21(27)28)31-13-18-6-4-5-7-19(18)25(29)30/h4-11H,12-13,26H2,1-3H3,(H,27,28)(H,29,30). The highest BCUT2D eigenvalue weighted by Crippen LogP contribution is 2.41. The molecule has 0 bridgehead atoms. The number of aromatic carboxylic acids is 1. The third-order valence-electron chi connectivity index (χ3n) is 5.41. The molecule has 0 saturated heterocycles. The second-order valence-electron chi connectivity index (χ2n) is 7.53. The zero-order valence-electron chi connectivity index (χ0n) is 17.7. The Bertz CT molecular complexity index is 1150. The Labute approximate surface area is 180 Å². The molecule has 3 rings (SSSR count). The number of nitrogen functional groups attached to an aromatic ring is 1. The molecule has 3 aromatic rings. The maximum atomic E-state index is 11.6. The number of rotatable bonds is 7. The van der Waals surface area contributed by atoms with Gasteiger partial charge >= 0.3 is 11.9 Å². The summed E-state index contributed by atoms with van der Waals surface area (Å²) in [5.74, 6) is -1.54. The predicted octanol–water partition coefficient (Wildman–Crippen LogP) is 4.77. The maximum Gasteiger partial charge on any atom is 0.336 e. The van der Waals surface area contributed by atoms with E-state index in [1.807, 2.05) is 38.1 Å². The predicted molar refractivity (Wildman–Crippen MR) is 120 cm³/mol. The molecule has 0 spiro atoms. The fourth-order valence-electron chi connectivity index (χ4n) is 3.74. The Hall–Kier alpha value is -3.80. The van der Waals surface area contributed by atoms with E-state index < -0.39 is 11.9 Å². The van der Waals surface area contributed by atoms with Crippen molar-refractivity contribution in [1.82, 2.24) is 0 Å². The SMILES string of the molecule is Cc1ccc(-c2c(C)c(OCc3ccccc3C(=O)O)c(N)c(C)c2CC(=O)O)cc1. The summed E-state index contributed by atoms with van der Waals surface area (Å²) in [5.41, 5.74) is 12.2. The first-order valence-electron chi connectivity index (χ1n) is 9.85. The minimum absolute atomic E-state index is 0.0264. The topological polar surface area (TPSA) is 110 Å². The van der Waals surface area contributed by atoms with Crippen LogP contribution in [0.2, 0.25) is 0 Å². The van der Waals surface area contributed by atoms with Crippen LogP contribution in [0.5, 0.6) is 5.75 Å². The summed E-state index contributed by atoms with van der Waals surface area (Å²) in [5, 5.41) is 18.9. The van der Waals surface area contributed by atoms with Gasteiger partial charge in [0.1, 0.15) is 12.4 Å². The second kappa shape index (κ2) is 8.92. The van der Waals surface area contributed by atoms with E-state index in [4.69, 9.17) is 10.5 Å². The number of anilines is 1. The molecule has 0 atom stereocenters. The van der Waals surface area contributed by atoms with E-state index in [1.165, 1.54) is 6.07 Å². The number of hydrogen-bond acceptors (Lipinski definition) is 4. The molecule has 0 unspecified atom stereocenters. The average molecular weight is 419 g/mol. The molecule has 6 nitrogen and oxygen atoms in total. The first kappa shape index (κ1) is 21.9. The number of carboxylic acid groups (broad SMARTS) is 2. The van der Waals surface area contributed by atoms with Gasteiger partial charge in [-0.05, 0) is 49.1 Å². The third kappa shape index (κ3) is 4.53. The van der Waals surface area contributed by atoms with Crippen LogP contribution < -0.4 is 10.5 Å². The van der Waals surface area contributed by atoms with Crippen molar-refractivity contribution in [2.75, 3.05) is 5.73 Å². The van der Waals surface area contributed by atoms with Gasteiger partial charge in [0.2, 0.25) is 0 Å². The van der Waals surface area contributed by atoms with Crippen LogP contribution in [0.3, 0.4) is 0 Å². The number of ether oxygens (including phenoxy) is 1. The normalized spacial score (nSPS) is 10.7. The van der Waals surface area contributed by atoms with Crippen LogP contribution in [0.15, 0.2) is 48.5 Å². The van der Waals surface area contributed by atoms with Gasteiger partial charge in [-0.25, -0.2) is 4.79 Å². The monoisotopic (exact) mass is 419 g/mol.